The SMILES string of the molecule is O=c1c2cc(-c3nc(-c4ccccc4)nc(-c4ccccc4)n3)ccc2oc2cc3c(cc12)sc1c(N(c2ccccc2)c2ccccc2)cccc13. The summed E-state index contributed by atoms with van der Waals surface area (Å²) in [7, 11) is 0. The summed E-state index contributed by atoms with van der Waals surface area (Å²) in [5.74, 6) is 1.60. The molecule has 0 spiro atoms. The fourth-order valence-electron chi connectivity index (χ4n) is 6.97. The summed E-state index contributed by atoms with van der Waals surface area (Å²) in [6.45, 7) is 0. The number of anilines is 3. The van der Waals surface area contributed by atoms with Gasteiger partial charge in [0.2, 0.25) is 5.43 Å². The molecule has 0 aliphatic heterocycles. The van der Waals surface area contributed by atoms with Crippen LogP contribution in [-0.2, 0) is 0 Å². The van der Waals surface area contributed by atoms with Crippen LogP contribution in [0.15, 0.2) is 179 Å². The van der Waals surface area contributed by atoms with Crippen molar-refractivity contribution in [3.63, 3.8) is 0 Å². The number of para-hydroxylation sites is 2. The Bertz CT molecular complexity index is 2920. The zero-order chi connectivity index (χ0) is 35.3. The van der Waals surface area contributed by atoms with Crippen LogP contribution in [0.4, 0.5) is 17.1 Å². The predicted molar refractivity (Wildman–Crippen MR) is 217 cm³/mol. The summed E-state index contributed by atoms with van der Waals surface area (Å²) < 4.78 is 8.63. The molecule has 3 heterocycles. The van der Waals surface area contributed by atoms with E-state index in [1.54, 1.807) is 11.3 Å². The van der Waals surface area contributed by atoms with Gasteiger partial charge in [0.15, 0.2) is 17.5 Å². The van der Waals surface area contributed by atoms with Crippen LogP contribution in [0.25, 0.3) is 76.3 Å². The second kappa shape index (κ2) is 12.7. The summed E-state index contributed by atoms with van der Waals surface area (Å²) in [5.41, 5.74) is 6.63. The Labute approximate surface area is 307 Å². The zero-order valence-corrected chi connectivity index (χ0v) is 29.0. The molecule has 3 aromatic heterocycles. The van der Waals surface area contributed by atoms with Crippen molar-refractivity contribution in [1.29, 1.82) is 0 Å². The molecule has 7 heteroatoms. The number of hydrogen-bond donors (Lipinski definition) is 0. The third-order valence-corrected chi connectivity index (χ3v) is 10.7. The number of benzene rings is 7. The lowest BCUT2D eigenvalue weighted by Gasteiger charge is -2.25. The van der Waals surface area contributed by atoms with Crippen LogP contribution in [0.3, 0.4) is 0 Å². The van der Waals surface area contributed by atoms with Crippen LogP contribution in [-0.4, -0.2) is 15.0 Å². The number of rotatable bonds is 6. The maximum Gasteiger partial charge on any atom is 0.200 e. The molecule has 0 saturated carbocycles. The van der Waals surface area contributed by atoms with E-state index < -0.39 is 0 Å². The first kappa shape index (κ1) is 30.8. The molecule has 0 N–H and O–H groups in total. The highest BCUT2D eigenvalue weighted by atomic mass is 32.1. The quantitative estimate of drug-likeness (QED) is 0.161. The van der Waals surface area contributed by atoms with Gasteiger partial charge in [0.05, 0.1) is 21.2 Å². The van der Waals surface area contributed by atoms with E-state index in [4.69, 9.17) is 19.4 Å². The highest BCUT2D eigenvalue weighted by Gasteiger charge is 2.20. The van der Waals surface area contributed by atoms with Gasteiger partial charge in [-0.25, -0.2) is 15.0 Å². The first-order valence-electron chi connectivity index (χ1n) is 17.3. The first-order chi connectivity index (χ1) is 26.2. The van der Waals surface area contributed by atoms with Crippen molar-refractivity contribution in [3.8, 4) is 34.2 Å². The van der Waals surface area contributed by atoms with Crippen LogP contribution in [0.2, 0.25) is 0 Å². The van der Waals surface area contributed by atoms with Crippen molar-refractivity contribution in [1.82, 2.24) is 15.0 Å². The van der Waals surface area contributed by atoms with Gasteiger partial charge in [0.25, 0.3) is 0 Å². The Morgan fingerprint density at radius 2 is 1.00 bits per heavy atom. The Kier molecular flexibility index (Phi) is 7.37. The van der Waals surface area contributed by atoms with Crippen LogP contribution < -0.4 is 10.3 Å². The van der Waals surface area contributed by atoms with Crippen molar-refractivity contribution in [3.05, 3.63) is 180 Å². The van der Waals surface area contributed by atoms with Gasteiger partial charge in [-0.3, -0.25) is 4.79 Å². The zero-order valence-electron chi connectivity index (χ0n) is 28.2. The van der Waals surface area contributed by atoms with Gasteiger partial charge < -0.3 is 9.32 Å². The molecule has 0 unspecified atom stereocenters. The minimum atomic E-state index is -0.0986. The maximum atomic E-state index is 14.3. The number of aromatic nitrogens is 3. The highest BCUT2D eigenvalue weighted by Crippen LogP contribution is 2.45. The molecule has 0 saturated heterocycles. The van der Waals surface area contributed by atoms with Crippen molar-refractivity contribution in [2.75, 3.05) is 4.90 Å². The van der Waals surface area contributed by atoms with Crippen LogP contribution in [0, 0.1) is 0 Å². The van der Waals surface area contributed by atoms with Crippen LogP contribution in [0.1, 0.15) is 0 Å². The molecule has 53 heavy (non-hydrogen) atoms. The third-order valence-electron chi connectivity index (χ3n) is 9.49. The Morgan fingerprint density at radius 3 is 1.60 bits per heavy atom. The molecular weight excluding hydrogens is 673 g/mol. The summed E-state index contributed by atoms with van der Waals surface area (Å²) in [5, 5.41) is 3.16. The summed E-state index contributed by atoms with van der Waals surface area (Å²) in [6.07, 6.45) is 0. The monoisotopic (exact) mass is 700 g/mol. The lowest BCUT2D eigenvalue weighted by Crippen LogP contribution is -2.09. The van der Waals surface area contributed by atoms with E-state index in [1.165, 1.54) is 0 Å². The number of fused-ring (bicyclic) bond motifs is 5. The third kappa shape index (κ3) is 5.42. The molecular formula is C46H28N4O2S. The van der Waals surface area contributed by atoms with Gasteiger partial charge in [0.1, 0.15) is 11.2 Å². The van der Waals surface area contributed by atoms with E-state index in [1.807, 2.05) is 103 Å². The molecule has 10 rings (SSSR count). The second-order valence-electron chi connectivity index (χ2n) is 12.8. The van der Waals surface area contributed by atoms with E-state index in [0.29, 0.717) is 45.0 Å². The van der Waals surface area contributed by atoms with Gasteiger partial charge in [-0.1, -0.05) is 109 Å². The lowest BCUT2D eigenvalue weighted by molar-refractivity contribution is 0.660. The van der Waals surface area contributed by atoms with E-state index in [2.05, 4.69) is 71.6 Å². The minimum absolute atomic E-state index is 0.0986. The molecule has 6 nitrogen and oxygen atoms in total. The molecule has 0 fully saturated rings. The standard InChI is InChI=1S/C46H28N4O2S/c51-42-36-26-31(46-48-44(29-14-5-1-6-15-29)47-45(49-46)30-16-7-2-8-17-30)24-25-39(36)52-40-27-35-34-22-13-23-38(43(34)53-41(35)28-37(40)42)50(32-18-9-3-10-19-32)33-20-11-4-12-21-33/h1-28H. The van der Waals surface area contributed by atoms with Crippen molar-refractivity contribution < 1.29 is 4.42 Å². The number of hydrogen-bond acceptors (Lipinski definition) is 7. The van der Waals surface area contributed by atoms with Crippen molar-refractivity contribution in [2.24, 2.45) is 0 Å². The molecule has 0 aliphatic rings. The van der Waals surface area contributed by atoms with Crippen LogP contribution >= 0.6 is 11.3 Å². The second-order valence-corrected chi connectivity index (χ2v) is 13.8. The smallest absolute Gasteiger partial charge is 0.200 e. The maximum absolute atomic E-state index is 14.3. The summed E-state index contributed by atoms with van der Waals surface area (Å²) in [6, 6.07) is 56.5. The molecule has 0 radical (unpaired) electrons. The topological polar surface area (TPSA) is 72.1 Å². The fourth-order valence-corrected chi connectivity index (χ4v) is 8.19. The lowest BCUT2D eigenvalue weighted by atomic mass is 10.1. The molecule has 0 bridgehead atoms. The van der Waals surface area contributed by atoms with Gasteiger partial charge in [-0.2, -0.15) is 0 Å². The summed E-state index contributed by atoms with van der Waals surface area (Å²) >= 11 is 1.68. The minimum Gasteiger partial charge on any atom is -0.456 e. The van der Waals surface area contributed by atoms with E-state index >= 15 is 0 Å². The number of nitrogens with zero attached hydrogens (tertiary/aromatic N) is 4. The van der Waals surface area contributed by atoms with Crippen molar-refractivity contribution in [2.45, 2.75) is 0 Å². The van der Waals surface area contributed by atoms with Gasteiger partial charge >= 0.3 is 0 Å². The first-order valence-corrected chi connectivity index (χ1v) is 18.1. The Morgan fingerprint density at radius 1 is 0.453 bits per heavy atom. The molecule has 7 aromatic carbocycles. The van der Waals surface area contributed by atoms with Crippen molar-refractivity contribution >= 4 is 70.5 Å². The molecule has 0 aliphatic carbocycles. The largest absolute Gasteiger partial charge is 0.456 e. The summed E-state index contributed by atoms with van der Waals surface area (Å²) in [4.78, 5) is 31.2. The van der Waals surface area contributed by atoms with E-state index in [-0.39, 0.29) is 5.43 Å². The average molecular weight is 701 g/mol. The van der Waals surface area contributed by atoms with Crippen LogP contribution in [0.5, 0.6) is 0 Å². The van der Waals surface area contributed by atoms with E-state index in [0.717, 1.165) is 48.4 Å². The molecule has 0 atom stereocenters. The molecule has 250 valence electrons. The average Bonchev–Trinajstić information content (AvgIpc) is 3.60. The Hall–Kier alpha value is -6.96. The Balaban J connectivity index is 1.13. The normalized spacial score (nSPS) is 11.5. The molecule has 0 amide bonds. The van der Waals surface area contributed by atoms with E-state index in [9.17, 15) is 4.79 Å². The van der Waals surface area contributed by atoms with Gasteiger partial charge in [-0.05, 0) is 60.7 Å². The fraction of sp³-hybridized carbons (Fsp3) is 0. The van der Waals surface area contributed by atoms with Gasteiger partial charge in [0, 0.05) is 43.5 Å². The molecule has 10 aromatic rings. The predicted octanol–water partition coefficient (Wildman–Crippen LogP) is 12.0. The number of thiophene rings is 1. The van der Waals surface area contributed by atoms with Gasteiger partial charge in [-0.15, -0.1) is 11.3 Å². The highest BCUT2D eigenvalue weighted by molar-refractivity contribution is 7.26.